The third kappa shape index (κ3) is 16.7. The Morgan fingerprint density at radius 2 is 1.03 bits per heavy atom. The number of alkyl carbamates (subject to hydrolysis) is 2. The van der Waals surface area contributed by atoms with Crippen molar-refractivity contribution in [2.75, 3.05) is 37.8 Å². The maximum atomic E-state index is 12.1. The molecule has 0 fully saturated rings. The summed E-state index contributed by atoms with van der Waals surface area (Å²) in [6.07, 6.45) is -1.59. The van der Waals surface area contributed by atoms with Crippen LogP contribution in [0.5, 0.6) is 0 Å². The maximum absolute atomic E-state index is 12.1. The summed E-state index contributed by atoms with van der Waals surface area (Å²) < 4.78 is 10.1. The van der Waals surface area contributed by atoms with Gasteiger partial charge >= 0.3 is 12.2 Å². The number of nitrogens with one attached hydrogen (secondary N) is 4. The van der Waals surface area contributed by atoms with Crippen molar-refractivity contribution in [3.63, 3.8) is 0 Å². The van der Waals surface area contributed by atoms with Gasteiger partial charge in [-0.15, -0.1) is 0 Å². The molecule has 2 atom stereocenters. The molecule has 0 heterocycles. The summed E-state index contributed by atoms with van der Waals surface area (Å²) in [6, 6.07) is -2.23. The summed E-state index contributed by atoms with van der Waals surface area (Å²) in [6.45, 7) is 9.61. The van der Waals surface area contributed by atoms with Gasteiger partial charge in [0.2, 0.25) is 11.8 Å². The quantitative estimate of drug-likeness (QED) is 0.145. The van der Waals surface area contributed by atoms with E-state index in [1.165, 1.54) is 21.6 Å². The third-order valence-corrected chi connectivity index (χ3v) is 5.84. The number of aliphatic hydroxyl groups excluding tert-OH is 2. The van der Waals surface area contributed by atoms with Crippen LogP contribution in [0.4, 0.5) is 9.59 Å². The number of rotatable bonds is 13. The molecule has 0 aliphatic heterocycles. The first-order chi connectivity index (χ1) is 15.7. The van der Waals surface area contributed by atoms with Crippen molar-refractivity contribution in [3.05, 3.63) is 0 Å². The summed E-state index contributed by atoms with van der Waals surface area (Å²) >= 11 is 0. The molecular formula is C20H38N4O8S2. The number of carbonyl (C=O) groups excluding carboxylic acids is 4. The topological polar surface area (TPSA) is 175 Å². The van der Waals surface area contributed by atoms with Gasteiger partial charge in [-0.1, -0.05) is 21.6 Å². The average Bonchev–Trinajstić information content (AvgIpc) is 2.69. The van der Waals surface area contributed by atoms with Crippen LogP contribution in [0.15, 0.2) is 0 Å². The van der Waals surface area contributed by atoms with Crippen LogP contribution in [0.25, 0.3) is 0 Å². The van der Waals surface area contributed by atoms with Gasteiger partial charge in [0.1, 0.15) is 23.3 Å². The van der Waals surface area contributed by atoms with E-state index in [9.17, 15) is 29.4 Å². The zero-order valence-corrected chi connectivity index (χ0v) is 22.2. The highest BCUT2D eigenvalue weighted by atomic mass is 33.1. The number of aliphatic hydroxyl groups is 2. The van der Waals surface area contributed by atoms with Gasteiger partial charge in [-0.05, 0) is 41.5 Å². The zero-order valence-electron chi connectivity index (χ0n) is 20.6. The lowest BCUT2D eigenvalue weighted by Crippen LogP contribution is -2.50. The molecular weight excluding hydrogens is 488 g/mol. The molecule has 14 heteroatoms. The van der Waals surface area contributed by atoms with Crippen LogP contribution in [0.2, 0.25) is 0 Å². The Morgan fingerprint density at radius 1 is 0.706 bits per heavy atom. The Bertz CT molecular complexity index is 612. The molecule has 6 N–H and O–H groups in total. The molecule has 0 saturated heterocycles. The SMILES string of the molecule is CC(C)(C)OC(=O)N[C@@H](CO)C(=O)NCCSSCCNC(=O)[C@H](CO)NC(=O)OC(C)(C)C. The fraction of sp³-hybridized carbons (Fsp3) is 0.800. The van der Waals surface area contributed by atoms with Gasteiger partial charge in [0.05, 0.1) is 13.2 Å². The fourth-order valence-electron chi connectivity index (χ4n) is 2.08. The largest absolute Gasteiger partial charge is 0.444 e. The first kappa shape index (κ1) is 32.1. The summed E-state index contributed by atoms with van der Waals surface area (Å²) in [5, 5.41) is 28.5. The van der Waals surface area contributed by atoms with Gasteiger partial charge < -0.3 is 41.0 Å². The number of amides is 4. The van der Waals surface area contributed by atoms with Crippen molar-refractivity contribution in [1.82, 2.24) is 21.3 Å². The Kier molecular flexibility index (Phi) is 15.0. The normalized spacial score (nSPS) is 13.3. The minimum absolute atomic E-state index is 0.307. The summed E-state index contributed by atoms with van der Waals surface area (Å²) in [4.78, 5) is 47.6. The Morgan fingerprint density at radius 3 is 1.29 bits per heavy atom. The van der Waals surface area contributed by atoms with Gasteiger partial charge in [0.25, 0.3) is 0 Å². The lowest BCUT2D eigenvalue weighted by Gasteiger charge is -2.22. The van der Waals surface area contributed by atoms with Gasteiger partial charge in [0.15, 0.2) is 0 Å². The van der Waals surface area contributed by atoms with E-state index < -0.39 is 60.5 Å². The van der Waals surface area contributed by atoms with Crippen molar-refractivity contribution in [3.8, 4) is 0 Å². The highest BCUT2D eigenvalue weighted by Crippen LogP contribution is 2.19. The first-order valence-electron chi connectivity index (χ1n) is 10.7. The van der Waals surface area contributed by atoms with Crippen LogP contribution in [0.1, 0.15) is 41.5 Å². The molecule has 0 spiro atoms. The lowest BCUT2D eigenvalue weighted by molar-refractivity contribution is -0.124. The number of hydrogen-bond acceptors (Lipinski definition) is 10. The van der Waals surface area contributed by atoms with Crippen molar-refractivity contribution < 1.29 is 38.9 Å². The molecule has 0 saturated carbocycles. The molecule has 0 aromatic heterocycles. The predicted octanol–water partition coefficient (Wildman–Crippen LogP) is 0.371. The van der Waals surface area contributed by atoms with E-state index in [4.69, 9.17) is 9.47 Å². The van der Waals surface area contributed by atoms with E-state index in [1.54, 1.807) is 41.5 Å². The van der Waals surface area contributed by atoms with E-state index in [1.807, 2.05) is 0 Å². The molecule has 12 nitrogen and oxygen atoms in total. The van der Waals surface area contributed by atoms with E-state index >= 15 is 0 Å². The standard InChI is InChI=1S/C20H38N4O8S2/c1-19(2,3)31-17(29)23-13(11-25)15(27)21-7-9-33-34-10-8-22-16(28)14(12-26)24-18(30)32-20(4,5)6/h13-14,25-26H,7-12H2,1-6H3,(H,21,27)(H,22,28)(H,23,29)(H,24,30)/t13-,14-/m0/s1. The van der Waals surface area contributed by atoms with Crippen LogP contribution in [-0.2, 0) is 19.1 Å². The summed E-state index contributed by atoms with van der Waals surface area (Å²) in [7, 11) is 2.91. The van der Waals surface area contributed by atoms with Gasteiger partial charge in [-0.2, -0.15) is 0 Å². The van der Waals surface area contributed by atoms with Crippen LogP contribution in [0.3, 0.4) is 0 Å². The Hall–Kier alpha value is -1.90. The summed E-state index contributed by atoms with van der Waals surface area (Å²) in [5.41, 5.74) is -1.44. The molecule has 198 valence electrons. The highest BCUT2D eigenvalue weighted by molar-refractivity contribution is 8.76. The molecule has 0 aliphatic rings. The lowest BCUT2D eigenvalue weighted by atomic mass is 10.2. The van der Waals surface area contributed by atoms with Crippen LogP contribution >= 0.6 is 21.6 Å². The van der Waals surface area contributed by atoms with E-state index in [2.05, 4.69) is 21.3 Å². The van der Waals surface area contributed by atoms with Crippen LogP contribution in [-0.4, -0.2) is 95.3 Å². The molecule has 34 heavy (non-hydrogen) atoms. The number of hydrogen-bond donors (Lipinski definition) is 6. The van der Waals surface area contributed by atoms with Gasteiger partial charge in [-0.25, -0.2) is 9.59 Å². The van der Waals surface area contributed by atoms with Crippen LogP contribution in [0, 0.1) is 0 Å². The minimum Gasteiger partial charge on any atom is -0.444 e. The Balaban J connectivity index is 4.05. The van der Waals surface area contributed by atoms with Gasteiger partial charge in [0, 0.05) is 24.6 Å². The van der Waals surface area contributed by atoms with E-state index in [0.29, 0.717) is 24.6 Å². The van der Waals surface area contributed by atoms with Gasteiger partial charge in [-0.3, -0.25) is 9.59 Å². The molecule has 0 aromatic rings. The van der Waals surface area contributed by atoms with Crippen molar-refractivity contribution >= 4 is 45.6 Å². The van der Waals surface area contributed by atoms with Crippen LogP contribution < -0.4 is 21.3 Å². The number of ether oxygens (including phenoxy) is 2. The van der Waals surface area contributed by atoms with Crippen molar-refractivity contribution in [1.29, 1.82) is 0 Å². The van der Waals surface area contributed by atoms with Crippen molar-refractivity contribution in [2.24, 2.45) is 0 Å². The number of carbonyl (C=O) groups is 4. The molecule has 0 aromatic carbocycles. The van der Waals surface area contributed by atoms with Crippen molar-refractivity contribution in [2.45, 2.75) is 64.8 Å². The molecule has 0 rings (SSSR count). The van der Waals surface area contributed by atoms with E-state index in [0.717, 1.165) is 0 Å². The molecule has 0 aliphatic carbocycles. The highest BCUT2D eigenvalue weighted by Gasteiger charge is 2.24. The predicted molar refractivity (Wildman–Crippen MR) is 131 cm³/mol. The monoisotopic (exact) mass is 526 g/mol. The minimum atomic E-state index is -1.11. The fourth-order valence-corrected chi connectivity index (χ4v) is 3.90. The average molecular weight is 527 g/mol. The Labute approximate surface area is 208 Å². The summed E-state index contributed by atoms with van der Waals surface area (Å²) in [5.74, 6) is 0.0421. The maximum Gasteiger partial charge on any atom is 0.408 e. The molecule has 0 unspecified atom stereocenters. The molecule has 4 amide bonds. The second-order valence-electron chi connectivity index (χ2n) is 8.99. The first-order valence-corrected chi connectivity index (χ1v) is 13.2. The van der Waals surface area contributed by atoms with E-state index in [-0.39, 0.29) is 0 Å². The second-order valence-corrected chi connectivity index (χ2v) is 11.7. The second kappa shape index (κ2) is 15.9. The smallest absolute Gasteiger partial charge is 0.408 e. The molecule has 0 bridgehead atoms. The third-order valence-electron chi connectivity index (χ3n) is 3.43. The zero-order chi connectivity index (χ0) is 26.4. The molecule has 0 radical (unpaired) electrons.